The Morgan fingerprint density at radius 1 is 1.06 bits per heavy atom. The van der Waals surface area contributed by atoms with Crippen molar-refractivity contribution in [3.8, 4) is 5.75 Å². The Morgan fingerprint density at radius 3 is 2.62 bits per heavy atom. The van der Waals surface area contributed by atoms with E-state index in [0.717, 1.165) is 11.6 Å². The quantitative estimate of drug-likeness (QED) is 0.168. The van der Waals surface area contributed by atoms with Gasteiger partial charge in [-0.3, -0.25) is 24.5 Å². The number of halogens is 1. The molecule has 6 amide bonds. The molecule has 3 aromatic carbocycles. The number of phenols is 1. The molecule has 1 atom stereocenters. The number of rotatable bonds is 7. The summed E-state index contributed by atoms with van der Waals surface area (Å²) in [5.41, 5.74) is 2.22. The second kappa shape index (κ2) is 12.2. The van der Waals surface area contributed by atoms with E-state index >= 15 is 4.39 Å². The number of fused-ring (bicyclic) bond motifs is 2. The van der Waals surface area contributed by atoms with Crippen molar-refractivity contribution in [2.75, 3.05) is 34.6 Å². The van der Waals surface area contributed by atoms with Gasteiger partial charge in [0, 0.05) is 53.9 Å². The minimum Gasteiger partial charge on any atom is -0.506 e. The largest absolute Gasteiger partial charge is 0.506 e. The molecule has 3 saturated heterocycles. The number of imide groups is 1. The minimum atomic E-state index is -4.35. The van der Waals surface area contributed by atoms with E-state index in [9.17, 15) is 37.5 Å². The Hall–Kier alpha value is -6.31. The molecule has 4 aliphatic heterocycles. The van der Waals surface area contributed by atoms with Gasteiger partial charge in [0.25, 0.3) is 11.8 Å². The first kappa shape index (κ1) is 32.9. The molecule has 18 nitrogen and oxygen atoms in total. The topological polar surface area (TPSA) is 228 Å². The molecule has 5 heterocycles. The van der Waals surface area contributed by atoms with Crippen LogP contribution in [0.4, 0.5) is 26.2 Å². The maximum atomic E-state index is 15.4. The summed E-state index contributed by atoms with van der Waals surface area (Å²) in [5.74, 6) is -3.69. The number of hydrogen-bond acceptors (Lipinski definition) is 11. The second-order valence-corrected chi connectivity index (χ2v) is 14.4. The fourth-order valence-corrected chi connectivity index (χ4v) is 7.96. The number of carbonyl (C=O) groups excluding carboxylic acids is 5. The van der Waals surface area contributed by atoms with Crippen LogP contribution < -0.4 is 25.0 Å². The molecule has 8 rings (SSSR count). The van der Waals surface area contributed by atoms with Crippen molar-refractivity contribution in [2.45, 2.75) is 38.0 Å². The first-order chi connectivity index (χ1) is 24.9. The van der Waals surface area contributed by atoms with E-state index in [1.165, 1.54) is 28.0 Å². The molecule has 0 bridgehead atoms. The van der Waals surface area contributed by atoms with Gasteiger partial charge in [0.05, 0.1) is 18.8 Å². The number of likely N-dealkylation sites (tertiary alicyclic amines) is 1. The van der Waals surface area contributed by atoms with E-state index in [0.29, 0.717) is 46.6 Å². The van der Waals surface area contributed by atoms with E-state index in [4.69, 9.17) is 0 Å². The number of amides is 6. The molecular weight excluding hydrogens is 703 g/mol. The van der Waals surface area contributed by atoms with Crippen LogP contribution in [0.15, 0.2) is 48.7 Å². The van der Waals surface area contributed by atoms with Crippen LogP contribution in [0.1, 0.15) is 40.5 Å². The van der Waals surface area contributed by atoms with Crippen LogP contribution in [0, 0.1) is 5.82 Å². The van der Waals surface area contributed by atoms with E-state index in [1.54, 1.807) is 27.7 Å². The number of phenolic OH excluding ortho intramolecular Hbond substituents is 1. The van der Waals surface area contributed by atoms with Gasteiger partial charge < -0.3 is 25.5 Å². The van der Waals surface area contributed by atoms with E-state index in [-0.39, 0.29) is 48.0 Å². The van der Waals surface area contributed by atoms with Gasteiger partial charge >= 0.3 is 16.2 Å². The number of piperidine rings is 1. The van der Waals surface area contributed by atoms with Gasteiger partial charge in [0.15, 0.2) is 5.82 Å². The molecule has 1 unspecified atom stereocenters. The van der Waals surface area contributed by atoms with Gasteiger partial charge in [-0.2, -0.15) is 8.42 Å². The molecule has 0 saturated carbocycles. The van der Waals surface area contributed by atoms with Crippen molar-refractivity contribution in [2.24, 2.45) is 0 Å². The summed E-state index contributed by atoms with van der Waals surface area (Å²) in [6.45, 7) is 0.500. The maximum Gasteiger partial charge on any atom is 0.326 e. The number of nitrogens with one attached hydrogen (secondary N) is 4. The van der Waals surface area contributed by atoms with Gasteiger partial charge in [-0.15, -0.1) is 5.10 Å². The van der Waals surface area contributed by atoms with Crippen molar-refractivity contribution < 1.29 is 41.9 Å². The lowest BCUT2D eigenvalue weighted by Crippen LogP contribution is -2.52. The summed E-state index contributed by atoms with van der Waals surface area (Å²) in [6.07, 6.45) is 2.20. The highest BCUT2D eigenvalue weighted by Crippen LogP contribution is 2.39. The number of nitrogens with zero attached hydrogens (tertiary/aromatic N) is 6. The number of benzene rings is 3. The monoisotopic (exact) mass is 732 g/mol. The summed E-state index contributed by atoms with van der Waals surface area (Å²) in [6, 6.07) is 9.36. The third-order valence-electron chi connectivity index (χ3n) is 9.47. The van der Waals surface area contributed by atoms with E-state index < -0.39 is 57.9 Å². The zero-order chi connectivity index (χ0) is 36.5. The summed E-state index contributed by atoms with van der Waals surface area (Å²) >= 11 is 0. The van der Waals surface area contributed by atoms with Crippen LogP contribution in [0.2, 0.25) is 0 Å². The fraction of sp³-hybridized carbons (Fsp3) is 0.281. The Labute approximate surface area is 293 Å². The van der Waals surface area contributed by atoms with Gasteiger partial charge in [0.1, 0.15) is 29.7 Å². The number of aromatic hydroxyl groups is 1. The lowest BCUT2D eigenvalue weighted by Gasteiger charge is -2.38. The Bertz CT molecular complexity index is 2340. The molecule has 268 valence electrons. The number of anilines is 3. The predicted molar refractivity (Wildman–Crippen MR) is 179 cm³/mol. The SMILES string of the molecule is O=C1CCC(N2Cc3c(NCc4cn(C5CN(C(=O)Nc6ccc7c(F)c(N8CC(=O)NS8(=O)=O)c(O)cc7c6)C5)nn4)cccc3C2=O)C(=O)N1. The highest BCUT2D eigenvalue weighted by atomic mass is 32.2. The lowest BCUT2D eigenvalue weighted by atomic mass is 10.0. The summed E-state index contributed by atoms with van der Waals surface area (Å²) in [5, 5.41) is 27.4. The average Bonchev–Trinajstić information content (AvgIpc) is 3.74. The van der Waals surface area contributed by atoms with Crippen molar-refractivity contribution in [1.29, 1.82) is 0 Å². The Morgan fingerprint density at radius 2 is 1.87 bits per heavy atom. The second-order valence-electron chi connectivity index (χ2n) is 12.8. The van der Waals surface area contributed by atoms with Crippen LogP contribution in [0.3, 0.4) is 0 Å². The average molecular weight is 733 g/mol. The highest BCUT2D eigenvalue weighted by Gasteiger charge is 2.41. The summed E-state index contributed by atoms with van der Waals surface area (Å²) in [4.78, 5) is 64.7. The normalized spacial score (nSPS) is 19.8. The molecule has 0 radical (unpaired) electrons. The van der Waals surface area contributed by atoms with Crippen molar-refractivity contribution in [3.63, 3.8) is 0 Å². The van der Waals surface area contributed by atoms with Crippen molar-refractivity contribution in [1.82, 2.24) is 34.8 Å². The Kier molecular flexibility index (Phi) is 7.70. The van der Waals surface area contributed by atoms with Crippen LogP contribution >= 0.6 is 0 Å². The number of carbonyl (C=O) groups is 5. The number of aromatic nitrogens is 3. The molecule has 0 aliphatic carbocycles. The molecule has 52 heavy (non-hydrogen) atoms. The number of urea groups is 1. The van der Waals surface area contributed by atoms with Crippen molar-refractivity contribution >= 4 is 67.7 Å². The first-order valence-corrected chi connectivity index (χ1v) is 17.6. The van der Waals surface area contributed by atoms with Gasteiger partial charge in [0.2, 0.25) is 11.8 Å². The van der Waals surface area contributed by atoms with Crippen LogP contribution in [-0.4, -0.2) is 93.7 Å². The van der Waals surface area contributed by atoms with Gasteiger partial charge in [-0.05, 0) is 48.2 Å². The van der Waals surface area contributed by atoms with Gasteiger partial charge in [-0.25, -0.2) is 22.9 Å². The van der Waals surface area contributed by atoms with E-state index in [2.05, 4.69) is 26.3 Å². The standard InChI is InChI=1S/C32H29FN10O8S/c33-28-20-5-4-17(8-16(20)9-25(44)29(28)43-15-27(46)38-52(43,50)51)35-32(49)40-12-19(13-40)42-11-18(37-39-42)10-34-23-3-1-2-21-22(23)14-41(31(21)48)24-6-7-26(45)36-30(24)47/h1-5,8-9,11,19,24,34,44H,6-7,10,12-15H2,(H,35,49)(H,38,46)(H,36,45,47). The highest BCUT2D eigenvalue weighted by molar-refractivity contribution is 7.92. The zero-order valence-corrected chi connectivity index (χ0v) is 27.8. The van der Waals surface area contributed by atoms with Crippen molar-refractivity contribution in [3.05, 3.63) is 71.3 Å². The van der Waals surface area contributed by atoms with E-state index in [1.807, 2.05) is 6.07 Å². The third kappa shape index (κ3) is 5.65. The third-order valence-corrected chi connectivity index (χ3v) is 10.9. The molecule has 0 spiro atoms. The van der Waals surface area contributed by atoms with Crippen LogP contribution in [0.25, 0.3) is 10.8 Å². The molecule has 3 fully saturated rings. The molecule has 4 aromatic rings. The fourth-order valence-electron chi connectivity index (χ4n) is 6.80. The minimum absolute atomic E-state index is 0.0276. The summed E-state index contributed by atoms with van der Waals surface area (Å²) < 4.78 is 43.7. The van der Waals surface area contributed by atoms with Crippen LogP contribution in [-0.2, 0) is 37.7 Å². The summed E-state index contributed by atoms with van der Waals surface area (Å²) in [7, 11) is -4.35. The molecular formula is C32H29FN10O8S. The maximum absolute atomic E-state index is 15.4. The molecule has 4 aliphatic rings. The van der Waals surface area contributed by atoms with Gasteiger partial charge in [-0.1, -0.05) is 11.3 Å². The Balaban J connectivity index is 0.869. The first-order valence-electron chi connectivity index (χ1n) is 16.1. The molecule has 5 N–H and O–H groups in total. The molecule has 20 heteroatoms. The smallest absolute Gasteiger partial charge is 0.326 e. The predicted octanol–water partition coefficient (Wildman–Crippen LogP) is 0.919. The zero-order valence-electron chi connectivity index (χ0n) is 27.0. The molecule has 1 aromatic heterocycles. The number of hydrogen-bond donors (Lipinski definition) is 5. The lowest BCUT2D eigenvalue weighted by molar-refractivity contribution is -0.137. The van der Waals surface area contributed by atoms with Crippen LogP contribution in [0.5, 0.6) is 5.75 Å².